The second kappa shape index (κ2) is 8.11. The lowest BCUT2D eigenvalue weighted by atomic mass is 10.0. The highest BCUT2D eigenvalue weighted by molar-refractivity contribution is 5.52. The Balaban J connectivity index is 1.41. The van der Waals surface area contributed by atoms with Gasteiger partial charge in [-0.3, -0.25) is 4.90 Å². The Bertz CT molecular complexity index is 763. The minimum Gasteiger partial charge on any atom is -0.307 e. The second-order valence-corrected chi connectivity index (χ2v) is 7.56. The quantitative estimate of drug-likeness (QED) is 0.913. The summed E-state index contributed by atoms with van der Waals surface area (Å²) in [6, 6.07) is 10.9. The summed E-state index contributed by atoms with van der Waals surface area (Å²) in [6.07, 6.45) is 9.08. The lowest BCUT2D eigenvalue weighted by Gasteiger charge is -2.29. The van der Waals surface area contributed by atoms with Crippen molar-refractivity contribution in [3.63, 3.8) is 0 Å². The minimum atomic E-state index is 0.350. The number of benzene rings is 1. The zero-order chi connectivity index (χ0) is 17.8. The van der Waals surface area contributed by atoms with Gasteiger partial charge in [0.05, 0.1) is 6.04 Å². The van der Waals surface area contributed by atoms with E-state index in [4.69, 9.17) is 4.98 Å². The largest absolute Gasteiger partial charge is 0.307 e. The molecule has 26 heavy (non-hydrogen) atoms. The Kier molecular flexibility index (Phi) is 5.42. The number of fused-ring (bicyclic) bond motifs is 1. The fraction of sp³-hybridized carbons (Fsp3) is 0.455. The van der Waals surface area contributed by atoms with E-state index in [-0.39, 0.29) is 0 Å². The molecule has 1 saturated heterocycles. The minimum absolute atomic E-state index is 0.350. The third-order valence-electron chi connectivity index (χ3n) is 5.34. The highest BCUT2D eigenvalue weighted by atomic mass is 15.1. The molecule has 0 bridgehead atoms. The fourth-order valence-corrected chi connectivity index (χ4v) is 4.00. The van der Waals surface area contributed by atoms with Crippen LogP contribution in [0.5, 0.6) is 0 Å². The van der Waals surface area contributed by atoms with Crippen LogP contribution in [0.4, 0.5) is 0 Å². The van der Waals surface area contributed by atoms with Gasteiger partial charge in [-0.15, -0.1) is 0 Å². The van der Waals surface area contributed by atoms with Crippen molar-refractivity contribution in [1.82, 2.24) is 20.2 Å². The number of piperidine rings is 1. The van der Waals surface area contributed by atoms with Crippen LogP contribution in [0.25, 0.3) is 6.08 Å². The van der Waals surface area contributed by atoms with Crippen LogP contribution in [0.15, 0.2) is 42.1 Å². The summed E-state index contributed by atoms with van der Waals surface area (Å²) in [5.74, 6) is 0.997. The van der Waals surface area contributed by atoms with Crippen molar-refractivity contribution in [2.75, 3.05) is 19.6 Å². The molecule has 2 aliphatic heterocycles. The van der Waals surface area contributed by atoms with Crippen LogP contribution in [0, 0.1) is 0 Å². The van der Waals surface area contributed by atoms with Gasteiger partial charge in [0.15, 0.2) is 0 Å². The summed E-state index contributed by atoms with van der Waals surface area (Å²) in [5.41, 5.74) is 5.21. The Hall–Kier alpha value is -2.04. The second-order valence-electron chi connectivity index (χ2n) is 7.56. The molecule has 0 saturated carbocycles. The van der Waals surface area contributed by atoms with Gasteiger partial charge in [-0.1, -0.05) is 48.4 Å². The van der Waals surface area contributed by atoms with Crippen LogP contribution < -0.4 is 5.32 Å². The highest BCUT2D eigenvalue weighted by Gasteiger charge is 2.22. The summed E-state index contributed by atoms with van der Waals surface area (Å²) in [5, 5.41) is 3.56. The van der Waals surface area contributed by atoms with Crippen LogP contribution >= 0.6 is 0 Å². The van der Waals surface area contributed by atoms with Crippen LogP contribution in [-0.4, -0.2) is 34.5 Å². The molecule has 4 nitrogen and oxygen atoms in total. The Morgan fingerprint density at radius 3 is 2.96 bits per heavy atom. The SMILES string of the molecule is C/C(=C\c1ccccc1)CN1CCc2nc([C@H]3CCCCN3)ncc2C1. The van der Waals surface area contributed by atoms with E-state index >= 15 is 0 Å². The molecule has 1 fully saturated rings. The van der Waals surface area contributed by atoms with E-state index in [1.807, 2.05) is 0 Å². The van der Waals surface area contributed by atoms with Gasteiger partial charge in [-0.2, -0.15) is 0 Å². The van der Waals surface area contributed by atoms with Gasteiger partial charge in [-0.25, -0.2) is 9.97 Å². The van der Waals surface area contributed by atoms with Gasteiger partial charge in [0, 0.05) is 43.5 Å². The Morgan fingerprint density at radius 2 is 2.15 bits per heavy atom. The van der Waals surface area contributed by atoms with E-state index in [2.05, 4.69) is 64.7 Å². The number of nitrogens with one attached hydrogen (secondary N) is 1. The standard InChI is InChI=1S/C22H28N4/c1-17(13-18-7-3-2-4-8-18)15-26-12-10-20-19(16-26)14-24-22(25-20)21-9-5-6-11-23-21/h2-4,7-8,13-14,21,23H,5-6,9-12,15-16H2,1H3/b17-13+/t21-/m1/s1. The molecule has 0 aliphatic carbocycles. The van der Waals surface area contributed by atoms with Crippen molar-refractivity contribution in [2.45, 2.75) is 45.2 Å². The molecule has 1 N–H and O–H groups in total. The maximum atomic E-state index is 4.90. The first kappa shape index (κ1) is 17.4. The van der Waals surface area contributed by atoms with E-state index in [9.17, 15) is 0 Å². The van der Waals surface area contributed by atoms with Crippen LogP contribution in [0.3, 0.4) is 0 Å². The molecule has 1 atom stereocenters. The molecular weight excluding hydrogens is 320 g/mol. The first-order chi connectivity index (χ1) is 12.8. The highest BCUT2D eigenvalue weighted by Crippen LogP contribution is 2.23. The Morgan fingerprint density at radius 1 is 1.27 bits per heavy atom. The number of hydrogen-bond acceptors (Lipinski definition) is 4. The monoisotopic (exact) mass is 348 g/mol. The normalized spacial score (nSPS) is 21.4. The van der Waals surface area contributed by atoms with Gasteiger partial charge < -0.3 is 5.32 Å². The first-order valence-electron chi connectivity index (χ1n) is 9.80. The molecule has 3 heterocycles. The summed E-state index contributed by atoms with van der Waals surface area (Å²) in [6.45, 7) is 6.33. The zero-order valence-corrected chi connectivity index (χ0v) is 15.6. The maximum absolute atomic E-state index is 4.90. The fourth-order valence-electron chi connectivity index (χ4n) is 4.00. The molecule has 4 rings (SSSR count). The van der Waals surface area contributed by atoms with Gasteiger partial charge in [0.2, 0.25) is 0 Å². The van der Waals surface area contributed by atoms with Gasteiger partial charge in [0.1, 0.15) is 5.82 Å². The van der Waals surface area contributed by atoms with E-state index in [1.54, 1.807) is 0 Å². The van der Waals surface area contributed by atoms with Crippen molar-refractivity contribution < 1.29 is 0 Å². The van der Waals surface area contributed by atoms with Crippen LogP contribution in [0.2, 0.25) is 0 Å². The van der Waals surface area contributed by atoms with Crippen LogP contribution in [-0.2, 0) is 13.0 Å². The van der Waals surface area contributed by atoms with Crippen molar-refractivity contribution in [1.29, 1.82) is 0 Å². The molecule has 4 heteroatoms. The van der Waals surface area contributed by atoms with E-state index in [1.165, 1.54) is 35.2 Å². The molecule has 0 amide bonds. The lowest BCUT2D eigenvalue weighted by molar-refractivity contribution is 0.272. The smallest absolute Gasteiger partial charge is 0.145 e. The van der Waals surface area contributed by atoms with E-state index in [0.29, 0.717) is 6.04 Å². The molecule has 0 spiro atoms. The average molecular weight is 348 g/mol. The van der Waals surface area contributed by atoms with E-state index < -0.39 is 0 Å². The lowest BCUT2D eigenvalue weighted by Crippen LogP contribution is -2.34. The summed E-state index contributed by atoms with van der Waals surface area (Å²) in [7, 11) is 0. The predicted octanol–water partition coefficient (Wildman–Crippen LogP) is 3.75. The molecule has 0 unspecified atom stereocenters. The number of nitrogens with zero attached hydrogens (tertiary/aromatic N) is 3. The Labute approximate surface area is 156 Å². The molecule has 1 aromatic heterocycles. The summed E-state index contributed by atoms with van der Waals surface area (Å²) < 4.78 is 0. The third-order valence-corrected chi connectivity index (χ3v) is 5.34. The van der Waals surface area contributed by atoms with Crippen molar-refractivity contribution in [2.24, 2.45) is 0 Å². The van der Waals surface area contributed by atoms with Crippen molar-refractivity contribution in [3.8, 4) is 0 Å². The van der Waals surface area contributed by atoms with Crippen molar-refractivity contribution in [3.05, 3.63) is 64.7 Å². The average Bonchev–Trinajstić information content (AvgIpc) is 2.69. The molecule has 0 radical (unpaired) electrons. The number of hydrogen-bond donors (Lipinski definition) is 1. The molecule has 2 aliphatic rings. The van der Waals surface area contributed by atoms with Crippen molar-refractivity contribution >= 4 is 6.08 Å². The predicted molar refractivity (Wildman–Crippen MR) is 106 cm³/mol. The summed E-state index contributed by atoms with van der Waals surface area (Å²) >= 11 is 0. The van der Waals surface area contributed by atoms with Gasteiger partial charge >= 0.3 is 0 Å². The zero-order valence-electron chi connectivity index (χ0n) is 15.6. The summed E-state index contributed by atoms with van der Waals surface area (Å²) in [4.78, 5) is 12.1. The van der Waals surface area contributed by atoms with Gasteiger partial charge in [-0.05, 0) is 31.9 Å². The van der Waals surface area contributed by atoms with Crippen LogP contribution in [0.1, 0.15) is 54.9 Å². The molecule has 2 aromatic rings. The first-order valence-corrected chi connectivity index (χ1v) is 9.80. The molecular formula is C22H28N4. The third kappa shape index (κ3) is 4.19. The maximum Gasteiger partial charge on any atom is 0.145 e. The molecule has 136 valence electrons. The molecule has 1 aromatic carbocycles. The van der Waals surface area contributed by atoms with Gasteiger partial charge in [0.25, 0.3) is 0 Å². The number of aromatic nitrogens is 2. The van der Waals surface area contributed by atoms with E-state index in [0.717, 1.165) is 44.8 Å². The number of rotatable bonds is 4. The topological polar surface area (TPSA) is 41.1 Å².